The van der Waals surface area contributed by atoms with Gasteiger partial charge >= 0.3 is 0 Å². The number of benzene rings is 2. The van der Waals surface area contributed by atoms with Crippen molar-refractivity contribution < 1.29 is 27.6 Å². The van der Waals surface area contributed by atoms with Crippen LogP contribution in [0.25, 0.3) is 0 Å². The predicted molar refractivity (Wildman–Crippen MR) is 118 cm³/mol. The zero-order valence-corrected chi connectivity index (χ0v) is 19.1. The van der Waals surface area contributed by atoms with Gasteiger partial charge < -0.3 is 14.8 Å². The lowest BCUT2D eigenvalue weighted by Gasteiger charge is -2.10. The molecule has 1 amide bonds. The Bertz CT molecular complexity index is 1120. The van der Waals surface area contributed by atoms with Crippen molar-refractivity contribution in [2.24, 2.45) is 5.92 Å². The maximum absolute atomic E-state index is 12.5. The number of carbonyl (C=O) groups is 1. The number of nitrogens with one attached hydrogen (secondary N) is 2. The van der Waals surface area contributed by atoms with Crippen LogP contribution in [0.4, 0.5) is 5.69 Å². The molecule has 0 saturated heterocycles. The van der Waals surface area contributed by atoms with Crippen LogP contribution in [-0.4, -0.2) is 38.3 Å². The van der Waals surface area contributed by atoms with Gasteiger partial charge in [0.1, 0.15) is 0 Å². The Morgan fingerprint density at radius 1 is 1.19 bits per heavy atom. The monoisotopic (exact) mass is 481 g/mol. The molecule has 2 aromatic carbocycles. The standard InChI is InChI=1S/C20H23N3O7S2/c1-13(2)11-31-19-6-4-15(8-16(19)23(25)26)32(27,28)22-10-20(24)21-9-14-3-5-17-18(7-14)30-12-29-17/h3-8,13,22H,9-12H2,1-2H3,(H,21,24). The number of thioether (sulfide) groups is 1. The number of nitro benzene ring substituents is 1. The van der Waals surface area contributed by atoms with Gasteiger partial charge in [0.2, 0.25) is 22.7 Å². The largest absolute Gasteiger partial charge is 0.454 e. The van der Waals surface area contributed by atoms with Crippen LogP contribution in [0, 0.1) is 16.0 Å². The van der Waals surface area contributed by atoms with Crippen molar-refractivity contribution in [1.29, 1.82) is 0 Å². The minimum atomic E-state index is -4.11. The van der Waals surface area contributed by atoms with Gasteiger partial charge in [0.15, 0.2) is 11.5 Å². The van der Waals surface area contributed by atoms with Crippen molar-refractivity contribution in [3.63, 3.8) is 0 Å². The molecule has 0 aliphatic carbocycles. The molecule has 0 bridgehead atoms. The maximum atomic E-state index is 12.5. The second kappa shape index (κ2) is 10.2. The summed E-state index contributed by atoms with van der Waals surface area (Å²) < 4.78 is 37.7. The van der Waals surface area contributed by atoms with E-state index in [1.807, 2.05) is 13.8 Å². The molecular formula is C20H23N3O7S2. The highest BCUT2D eigenvalue weighted by Gasteiger charge is 2.22. The van der Waals surface area contributed by atoms with Crippen LogP contribution in [-0.2, 0) is 21.4 Å². The number of amides is 1. The average molecular weight is 482 g/mol. The van der Waals surface area contributed by atoms with Crippen molar-refractivity contribution in [1.82, 2.24) is 10.0 Å². The van der Waals surface area contributed by atoms with Crippen LogP contribution >= 0.6 is 11.8 Å². The first-order valence-electron chi connectivity index (χ1n) is 9.72. The molecular weight excluding hydrogens is 458 g/mol. The van der Waals surface area contributed by atoms with Crippen molar-refractivity contribution in [2.45, 2.75) is 30.2 Å². The molecule has 0 atom stereocenters. The maximum Gasteiger partial charge on any atom is 0.284 e. The SMILES string of the molecule is CC(C)CSc1ccc(S(=O)(=O)NCC(=O)NCc2ccc3c(c2)OCO3)cc1[N+](=O)[O-]. The third-order valence-electron chi connectivity index (χ3n) is 4.36. The molecule has 10 nitrogen and oxygen atoms in total. The van der Waals surface area contributed by atoms with E-state index >= 15 is 0 Å². The van der Waals surface area contributed by atoms with Crippen molar-refractivity contribution in [2.75, 3.05) is 19.1 Å². The minimum Gasteiger partial charge on any atom is -0.454 e. The number of fused-ring (bicyclic) bond motifs is 1. The van der Waals surface area contributed by atoms with Crippen LogP contribution in [0.5, 0.6) is 11.5 Å². The van der Waals surface area contributed by atoms with E-state index in [1.54, 1.807) is 18.2 Å². The Morgan fingerprint density at radius 3 is 2.66 bits per heavy atom. The summed E-state index contributed by atoms with van der Waals surface area (Å²) in [5.41, 5.74) is 0.473. The third-order valence-corrected chi connectivity index (χ3v) is 7.25. The van der Waals surface area contributed by atoms with E-state index in [0.717, 1.165) is 11.6 Å². The average Bonchev–Trinajstić information content (AvgIpc) is 3.22. The molecule has 1 heterocycles. The lowest BCUT2D eigenvalue weighted by molar-refractivity contribution is -0.388. The molecule has 0 radical (unpaired) electrons. The summed E-state index contributed by atoms with van der Waals surface area (Å²) in [6.07, 6.45) is 0. The Hall–Kier alpha value is -2.83. The highest BCUT2D eigenvalue weighted by atomic mass is 32.2. The number of sulfonamides is 1. The summed E-state index contributed by atoms with van der Waals surface area (Å²) in [5, 5.41) is 14.0. The smallest absolute Gasteiger partial charge is 0.284 e. The second-order valence-electron chi connectivity index (χ2n) is 7.38. The molecule has 0 fully saturated rings. The zero-order chi connectivity index (χ0) is 23.3. The fourth-order valence-corrected chi connectivity index (χ4v) is 4.70. The van der Waals surface area contributed by atoms with Crippen molar-refractivity contribution in [3.8, 4) is 11.5 Å². The van der Waals surface area contributed by atoms with Crippen molar-refractivity contribution >= 4 is 33.4 Å². The Morgan fingerprint density at radius 2 is 1.94 bits per heavy atom. The molecule has 0 spiro atoms. The molecule has 0 unspecified atom stereocenters. The van der Waals surface area contributed by atoms with Gasteiger partial charge in [-0.05, 0) is 35.7 Å². The van der Waals surface area contributed by atoms with Gasteiger partial charge in [-0.3, -0.25) is 14.9 Å². The first-order valence-corrected chi connectivity index (χ1v) is 12.2. The number of carbonyl (C=O) groups excluding carboxylic acids is 1. The Labute approximate surface area is 189 Å². The third kappa shape index (κ3) is 6.11. The number of nitro groups is 1. The molecule has 2 aromatic rings. The van der Waals surface area contributed by atoms with Gasteiger partial charge in [0, 0.05) is 18.4 Å². The van der Waals surface area contributed by atoms with E-state index in [4.69, 9.17) is 9.47 Å². The highest BCUT2D eigenvalue weighted by molar-refractivity contribution is 7.99. The lowest BCUT2D eigenvalue weighted by Crippen LogP contribution is -2.36. The second-order valence-corrected chi connectivity index (χ2v) is 10.2. The quantitative estimate of drug-likeness (QED) is 0.300. The molecule has 0 aromatic heterocycles. The van der Waals surface area contributed by atoms with Crippen LogP contribution < -0.4 is 19.5 Å². The fraction of sp³-hybridized carbons (Fsp3) is 0.350. The Balaban J connectivity index is 1.59. The normalized spacial score (nSPS) is 12.7. The van der Waals surface area contributed by atoms with Gasteiger partial charge in [0.25, 0.3) is 5.69 Å². The number of ether oxygens (including phenoxy) is 2. The van der Waals surface area contributed by atoms with E-state index in [-0.39, 0.29) is 23.9 Å². The molecule has 32 heavy (non-hydrogen) atoms. The van der Waals surface area contributed by atoms with Crippen LogP contribution in [0.1, 0.15) is 19.4 Å². The van der Waals surface area contributed by atoms with E-state index in [9.17, 15) is 23.3 Å². The minimum absolute atomic E-state index is 0.141. The van der Waals surface area contributed by atoms with E-state index in [2.05, 4.69) is 10.0 Å². The van der Waals surface area contributed by atoms with E-state index in [0.29, 0.717) is 28.1 Å². The highest BCUT2D eigenvalue weighted by Crippen LogP contribution is 2.33. The molecule has 1 aliphatic heterocycles. The van der Waals surface area contributed by atoms with Gasteiger partial charge in [-0.1, -0.05) is 19.9 Å². The summed E-state index contributed by atoms with van der Waals surface area (Å²) in [7, 11) is -4.11. The van der Waals surface area contributed by atoms with Gasteiger partial charge in [-0.2, -0.15) is 0 Å². The van der Waals surface area contributed by atoms with Gasteiger partial charge in [0.05, 0.1) is 21.3 Å². The van der Waals surface area contributed by atoms with Gasteiger partial charge in [-0.15, -0.1) is 11.8 Å². The first-order chi connectivity index (χ1) is 15.2. The molecule has 172 valence electrons. The van der Waals surface area contributed by atoms with Crippen molar-refractivity contribution in [3.05, 3.63) is 52.1 Å². The molecule has 12 heteroatoms. The molecule has 1 aliphatic rings. The predicted octanol–water partition coefficient (Wildman–Crippen LogP) is 2.67. The lowest BCUT2D eigenvalue weighted by atomic mass is 10.2. The number of hydrogen-bond acceptors (Lipinski definition) is 8. The first kappa shape index (κ1) is 23.8. The van der Waals surface area contributed by atoms with Gasteiger partial charge in [-0.25, -0.2) is 13.1 Å². The zero-order valence-electron chi connectivity index (χ0n) is 17.5. The summed E-state index contributed by atoms with van der Waals surface area (Å²) in [6, 6.07) is 8.93. The van der Waals surface area contributed by atoms with E-state index in [1.165, 1.54) is 23.9 Å². The summed E-state index contributed by atoms with van der Waals surface area (Å²) >= 11 is 1.30. The molecule has 2 N–H and O–H groups in total. The van der Waals surface area contributed by atoms with Crippen LogP contribution in [0.15, 0.2) is 46.2 Å². The summed E-state index contributed by atoms with van der Waals surface area (Å²) in [5.74, 6) is 1.63. The van der Waals surface area contributed by atoms with Crippen LogP contribution in [0.2, 0.25) is 0 Å². The fourth-order valence-electron chi connectivity index (χ4n) is 2.74. The van der Waals surface area contributed by atoms with E-state index < -0.39 is 27.4 Å². The molecule has 3 rings (SSSR count). The summed E-state index contributed by atoms with van der Waals surface area (Å²) in [6.45, 7) is 3.77. The number of rotatable bonds is 10. The number of nitrogens with zero attached hydrogens (tertiary/aromatic N) is 1. The Kier molecular flexibility index (Phi) is 7.59. The molecule has 0 saturated carbocycles. The number of hydrogen-bond donors (Lipinski definition) is 2. The summed E-state index contributed by atoms with van der Waals surface area (Å²) in [4.78, 5) is 23.0. The topological polar surface area (TPSA) is 137 Å². The van der Waals surface area contributed by atoms with Crippen LogP contribution in [0.3, 0.4) is 0 Å².